The molecule has 2 amide bonds. The number of anilines is 1. The first-order chi connectivity index (χ1) is 15.1. The van der Waals surface area contributed by atoms with E-state index in [0.29, 0.717) is 28.3 Å². The van der Waals surface area contributed by atoms with Crippen LogP contribution in [-0.2, 0) is 16.2 Å². The van der Waals surface area contributed by atoms with Gasteiger partial charge in [-0.3, -0.25) is 15.0 Å². The van der Waals surface area contributed by atoms with Crippen molar-refractivity contribution < 1.29 is 23.5 Å². The summed E-state index contributed by atoms with van der Waals surface area (Å²) in [5, 5.41) is 1.19. The molecule has 156 valence electrons. The number of nitrogens with one attached hydrogen (secondary N) is 1. The lowest BCUT2D eigenvalue weighted by Gasteiger charge is -2.14. The van der Waals surface area contributed by atoms with Gasteiger partial charge in [0.05, 0.1) is 12.8 Å². The van der Waals surface area contributed by atoms with Gasteiger partial charge in [0.2, 0.25) is 0 Å². The summed E-state index contributed by atoms with van der Waals surface area (Å²) in [7, 11) is 1.48. The van der Waals surface area contributed by atoms with Crippen LogP contribution in [0.3, 0.4) is 0 Å². The van der Waals surface area contributed by atoms with Crippen LogP contribution < -0.4 is 19.9 Å². The molecule has 31 heavy (non-hydrogen) atoms. The highest BCUT2D eigenvalue weighted by Gasteiger charge is 2.34. The summed E-state index contributed by atoms with van der Waals surface area (Å²) in [5.41, 5.74) is 3.89. The van der Waals surface area contributed by atoms with Gasteiger partial charge in [-0.25, -0.2) is 9.40 Å². The van der Waals surface area contributed by atoms with Gasteiger partial charge in [-0.15, -0.1) is 0 Å². The van der Waals surface area contributed by atoms with Gasteiger partial charge in [0.1, 0.15) is 18.0 Å². The lowest BCUT2D eigenvalue weighted by Crippen LogP contribution is -2.35. The number of para-hydroxylation sites is 2. The average molecular weight is 418 g/mol. The van der Waals surface area contributed by atoms with Crippen LogP contribution in [-0.4, -0.2) is 18.9 Å². The normalized spacial score (nSPS) is 14.6. The lowest BCUT2D eigenvalue weighted by atomic mass is 10.1. The zero-order valence-corrected chi connectivity index (χ0v) is 16.7. The molecule has 0 spiro atoms. The predicted octanol–water partition coefficient (Wildman–Crippen LogP) is 3.87. The van der Waals surface area contributed by atoms with Crippen molar-refractivity contribution in [1.29, 1.82) is 0 Å². The van der Waals surface area contributed by atoms with Crippen molar-refractivity contribution in [3.63, 3.8) is 0 Å². The first kappa shape index (κ1) is 20.2. The standard InChI is InChI=1S/C24H19FN2O4/c1-30-21-13-7-9-16(22(21)31-15-17-8-5-6-12-20(17)25)14-19-23(28)26-27(24(19)29)18-10-3-2-4-11-18/h2-14H,15H2,1H3,(H,26,28)/b19-14-. The van der Waals surface area contributed by atoms with Crippen LogP contribution in [0.5, 0.6) is 11.5 Å². The van der Waals surface area contributed by atoms with E-state index in [1.807, 2.05) is 6.07 Å². The molecular formula is C24H19FN2O4. The molecule has 0 radical (unpaired) electrons. The fourth-order valence-corrected chi connectivity index (χ4v) is 3.20. The van der Waals surface area contributed by atoms with Crippen LogP contribution >= 0.6 is 0 Å². The van der Waals surface area contributed by atoms with Crippen molar-refractivity contribution in [2.24, 2.45) is 0 Å². The maximum atomic E-state index is 14.0. The number of hydrogen-bond donors (Lipinski definition) is 1. The Morgan fingerprint density at radius 2 is 1.71 bits per heavy atom. The maximum Gasteiger partial charge on any atom is 0.282 e. The van der Waals surface area contributed by atoms with Crippen LogP contribution in [0.1, 0.15) is 11.1 Å². The molecule has 0 aliphatic carbocycles. The van der Waals surface area contributed by atoms with E-state index < -0.39 is 11.8 Å². The summed E-state index contributed by atoms with van der Waals surface area (Å²) in [6.45, 7) is -0.0422. The van der Waals surface area contributed by atoms with Gasteiger partial charge in [0.25, 0.3) is 11.8 Å². The van der Waals surface area contributed by atoms with Crippen LogP contribution in [0.15, 0.2) is 78.4 Å². The van der Waals surface area contributed by atoms with Gasteiger partial charge >= 0.3 is 0 Å². The molecule has 1 aliphatic heterocycles. The first-order valence-corrected chi connectivity index (χ1v) is 9.54. The first-order valence-electron chi connectivity index (χ1n) is 9.54. The number of halogens is 1. The minimum absolute atomic E-state index is 0.0422. The van der Waals surface area contributed by atoms with E-state index >= 15 is 0 Å². The molecule has 1 N–H and O–H groups in total. The van der Waals surface area contributed by atoms with E-state index in [2.05, 4.69) is 5.43 Å². The van der Waals surface area contributed by atoms with Gasteiger partial charge in [0, 0.05) is 11.1 Å². The second-order valence-electron chi connectivity index (χ2n) is 6.73. The van der Waals surface area contributed by atoms with Crippen LogP contribution in [0.4, 0.5) is 10.1 Å². The summed E-state index contributed by atoms with van der Waals surface area (Å²) in [5.74, 6) is -0.701. The Morgan fingerprint density at radius 3 is 2.45 bits per heavy atom. The predicted molar refractivity (Wildman–Crippen MR) is 114 cm³/mol. The Morgan fingerprint density at radius 1 is 0.968 bits per heavy atom. The molecule has 3 aromatic carbocycles. The molecule has 0 bridgehead atoms. The quantitative estimate of drug-likeness (QED) is 0.487. The number of carbonyl (C=O) groups excluding carboxylic acids is 2. The fourth-order valence-electron chi connectivity index (χ4n) is 3.20. The number of hydrogen-bond acceptors (Lipinski definition) is 4. The number of benzene rings is 3. The minimum atomic E-state index is -0.531. The number of rotatable bonds is 6. The highest BCUT2D eigenvalue weighted by Crippen LogP contribution is 2.34. The SMILES string of the molecule is COc1cccc(/C=C2/C(=O)NN(c3ccccc3)C2=O)c1OCc1ccccc1F. The second-order valence-corrected chi connectivity index (χ2v) is 6.73. The highest BCUT2D eigenvalue weighted by molar-refractivity contribution is 6.31. The Balaban J connectivity index is 1.66. The van der Waals surface area contributed by atoms with Crippen molar-refractivity contribution in [3.8, 4) is 11.5 Å². The van der Waals surface area contributed by atoms with Gasteiger partial charge in [0.15, 0.2) is 11.5 Å². The molecule has 1 saturated heterocycles. The lowest BCUT2D eigenvalue weighted by molar-refractivity contribution is -0.117. The third-order valence-electron chi connectivity index (χ3n) is 4.76. The molecule has 6 nitrogen and oxygen atoms in total. The molecular weight excluding hydrogens is 399 g/mol. The Hall–Kier alpha value is -4.13. The zero-order chi connectivity index (χ0) is 21.8. The molecule has 0 atom stereocenters. The minimum Gasteiger partial charge on any atom is -0.493 e. The largest absolute Gasteiger partial charge is 0.493 e. The van der Waals surface area contributed by atoms with Crippen molar-refractivity contribution in [2.75, 3.05) is 12.1 Å². The summed E-state index contributed by atoms with van der Waals surface area (Å²) >= 11 is 0. The van der Waals surface area contributed by atoms with Gasteiger partial charge < -0.3 is 9.47 Å². The molecule has 4 rings (SSSR count). The Kier molecular flexibility index (Phi) is 5.66. The molecule has 7 heteroatoms. The average Bonchev–Trinajstić information content (AvgIpc) is 3.08. The molecule has 0 unspecified atom stereocenters. The smallest absolute Gasteiger partial charge is 0.282 e. The maximum absolute atomic E-state index is 14.0. The third-order valence-corrected chi connectivity index (χ3v) is 4.76. The molecule has 0 saturated carbocycles. The van der Waals surface area contributed by atoms with E-state index in [4.69, 9.17) is 9.47 Å². The number of nitrogens with zero attached hydrogens (tertiary/aromatic N) is 1. The van der Waals surface area contributed by atoms with Crippen LogP contribution in [0, 0.1) is 5.82 Å². The van der Waals surface area contributed by atoms with Crippen LogP contribution in [0.25, 0.3) is 6.08 Å². The Bertz CT molecular complexity index is 1160. The zero-order valence-electron chi connectivity index (χ0n) is 16.7. The summed E-state index contributed by atoms with van der Waals surface area (Å²) in [4.78, 5) is 25.4. The van der Waals surface area contributed by atoms with E-state index in [-0.39, 0.29) is 18.0 Å². The van der Waals surface area contributed by atoms with Crippen molar-refractivity contribution in [1.82, 2.24) is 5.43 Å². The number of amides is 2. The molecule has 1 fully saturated rings. The van der Waals surface area contributed by atoms with Gasteiger partial charge in [-0.2, -0.15) is 0 Å². The summed E-state index contributed by atoms with van der Waals surface area (Å²) in [6, 6.07) is 20.2. The molecule has 1 heterocycles. The van der Waals surface area contributed by atoms with Gasteiger partial charge in [-0.1, -0.05) is 48.5 Å². The fraction of sp³-hybridized carbons (Fsp3) is 0.0833. The topological polar surface area (TPSA) is 67.9 Å². The number of carbonyl (C=O) groups is 2. The summed E-state index contributed by atoms with van der Waals surface area (Å²) < 4.78 is 25.2. The third kappa shape index (κ3) is 4.11. The number of hydrazine groups is 1. The Labute approximate surface area is 178 Å². The molecule has 0 aromatic heterocycles. The van der Waals surface area contributed by atoms with Crippen LogP contribution in [0.2, 0.25) is 0 Å². The van der Waals surface area contributed by atoms with E-state index in [1.54, 1.807) is 60.7 Å². The van der Waals surface area contributed by atoms with E-state index in [9.17, 15) is 14.0 Å². The highest BCUT2D eigenvalue weighted by atomic mass is 19.1. The van der Waals surface area contributed by atoms with E-state index in [1.165, 1.54) is 24.3 Å². The van der Waals surface area contributed by atoms with Crippen molar-refractivity contribution in [3.05, 3.63) is 95.3 Å². The number of methoxy groups -OCH3 is 1. The molecule has 1 aliphatic rings. The monoisotopic (exact) mass is 418 g/mol. The summed E-state index contributed by atoms with van der Waals surface area (Å²) in [6.07, 6.45) is 1.44. The van der Waals surface area contributed by atoms with E-state index in [0.717, 1.165) is 0 Å². The molecule has 3 aromatic rings. The van der Waals surface area contributed by atoms with Crippen molar-refractivity contribution >= 4 is 23.6 Å². The second kappa shape index (κ2) is 8.71. The number of ether oxygens (including phenoxy) is 2. The van der Waals surface area contributed by atoms with Crippen molar-refractivity contribution in [2.45, 2.75) is 6.61 Å². The van der Waals surface area contributed by atoms with Gasteiger partial charge in [-0.05, 0) is 30.3 Å².